The van der Waals surface area contributed by atoms with Gasteiger partial charge in [-0.05, 0) is 53.8 Å². The zero-order valence-electron chi connectivity index (χ0n) is 20.9. The molecule has 0 aliphatic heterocycles. The van der Waals surface area contributed by atoms with Gasteiger partial charge in [0.1, 0.15) is 5.69 Å². The number of pyridine rings is 1. The highest BCUT2D eigenvalue weighted by atomic mass is 79.9. The van der Waals surface area contributed by atoms with Gasteiger partial charge in [0.2, 0.25) is 5.91 Å². The number of hydrogen-bond donors (Lipinski definition) is 2. The highest BCUT2D eigenvalue weighted by molar-refractivity contribution is 9.10. The van der Waals surface area contributed by atoms with Crippen molar-refractivity contribution in [3.8, 4) is 11.1 Å². The van der Waals surface area contributed by atoms with E-state index in [0.29, 0.717) is 34.0 Å². The van der Waals surface area contributed by atoms with E-state index in [0.717, 1.165) is 10.0 Å². The summed E-state index contributed by atoms with van der Waals surface area (Å²) < 4.78 is 7.31. The molecule has 0 unspecified atom stereocenters. The number of ether oxygens (including phenoxy) is 1. The van der Waals surface area contributed by atoms with E-state index in [1.165, 1.54) is 18.6 Å². The standard InChI is InChI=1S/C29H26BrN3O5/c1-18(34)32-22-11-6-10-20(16-22)27(35)31-14-7-15-33-26(29(37)38-2)25(19-8-4-3-5-9-19)24-17-21(30)12-13-23(24)28(33)36/h3-6,8-13,16-17H,7,14-15H2,1-2H3,(H,31,35)(H,32,34). The van der Waals surface area contributed by atoms with Gasteiger partial charge in [-0.25, -0.2) is 4.79 Å². The Morgan fingerprint density at radius 3 is 2.42 bits per heavy atom. The van der Waals surface area contributed by atoms with Crippen molar-refractivity contribution in [3.05, 3.63) is 98.9 Å². The molecule has 194 valence electrons. The molecule has 9 heteroatoms. The van der Waals surface area contributed by atoms with Gasteiger partial charge in [0, 0.05) is 46.7 Å². The number of anilines is 1. The van der Waals surface area contributed by atoms with Crippen LogP contribution in [0, 0.1) is 0 Å². The van der Waals surface area contributed by atoms with E-state index in [9.17, 15) is 19.2 Å². The average Bonchev–Trinajstić information content (AvgIpc) is 2.91. The highest BCUT2D eigenvalue weighted by Gasteiger charge is 2.24. The number of carbonyl (C=O) groups is 3. The molecule has 0 spiro atoms. The minimum atomic E-state index is -0.623. The molecule has 0 bridgehead atoms. The first kappa shape index (κ1) is 26.8. The van der Waals surface area contributed by atoms with Crippen LogP contribution in [0.1, 0.15) is 34.2 Å². The Labute approximate surface area is 227 Å². The average molecular weight is 576 g/mol. The summed E-state index contributed by atoms with van der Waals surface area (Å²) in [6.07, 6.45) is 0.386. The molecule has 0 saturated heterocycles. The van der Waals surface area contributed by atoms with Gasteiger partial charge in [-0.1, -0.05) is 52.3 Å². The van der Waals surface area contributed by atoms with E-state index in [-0.39, 0.29) is 36.2 Å². The number of rotatable bonds is 8. The Hall–Kier alpha value is -4.24. The minimum absolute atomic E-state index is 0.156. The summed E-state index contributed by atoms with van der Waals surface area (Å²) in [5, 5.41) is 6.59. The molecule has 1 heterocycles. The Kier molecular flexibility index (Phi) is 8.38. The number of amides is 2. The monoisotopic (exact) mass is 575 g/mol. The van der Waals surface area contributed by atoms with E-state index in [4.69, 9.17) is 4.74 Å². The summed E-state index contributed by atoms with van der Waals surface area (Å²) in [5.74, 6) is -1.17. The van der Waals surface area contributed by atoms with Crippen molar-refractivity contribution in [1.82, 2.24) is 9.88 Å². The number of methoxy groups -OCH3 is 1. The summed E-state index contributed by atoms with van der Waals surface area (Å²) in [5.41, 5.74) is 2.14. The summed E-state index contributed by atoms with van der Waals surface area (Å²) in [6.45, 7) is 1.84. The molecular weight excluding hydrogens is 550 g/mol. The molecular formula is C29H26BrN3O5. The van der Waals surface area contributed by atoms with Gasteiger partial charge >= 0.3 is 5.97 Å². The lowest BCUT2D eigenvalue weighted by Gasteiger charge is -2.19. The zero-order valence-corrected chi connectivity index (χ0v) is 22.5. The fourth-order valence-electron chi connectivity index (χ4n) is 4.32. The summed E-state index contributed by atoms with van der Waals surface area (Å²) in [7, 11) is 1.28. The van der Waals surface area contributed by atoms with Crippen molar-refractivity contribution < 1.29 is 19.1 Å². The molecule has 0 atom stereocenters. The molecule has 0 saturated carbocycles. The second kappa shape index (κ2) is 11.9. The van der Waals surface area contributed by atoms with Gasteiger partial charge in [0.05, 0.1) is 7.11 Å². The fraction of sp³-hybridized carbons (Fsp3) is 0.172. The maximum Gasteiger partial charge on any atom is 0.355 e. The van der Waals surface area contributed by atoms with E-state index >= 15 is 0 Å². The number of esters is 1. The van der Waals surface area contributed by atoms with Gasteiger partial charge in [-0.15, -0.1) is 0 Å². The van der Waals surface area contributed by atoms with Crippen LogP contribution >= 0.6 is 15.9 Å². The van der Waals surface area contributed by atoms with Gasteiger partial charge in [-0.2, -0.15) is 0 Å². The summed E-state index contributed by atoms with van der Waals surface area (Å²) in [6, 6.07) is 21.3. The zero-order chi connectivity index (χ0) is 27.2. The third-order valence-corrected chi connectivity index (χ3v) is 6.46. The van der Waals surface area contributed by atoms with Crippen LogP contribution < -0.4 is 16.2 Å². The second-order valence-electron chi connectivity index (χ2n) is 8.60. The minimum Gasteiger partial charge on any atom is -0.464 e. The quantitative estimate of drug-likeness (QED) is 0.227. The number of halogens is 1. The molecule has 0 fully saturated rings. The third kappa shape index (κ3) is 5.84. The van der Waals surface area contributed by atoms with E-state index < -0.39 is 5.97 Å². The number of benzene rings is 3. The maximum atomic E-state index is 13.6. The van der Waals surface area contributed by atoms with Crippen LogP contribution in [0.2, 0.25) is 0 Å². The Balaban J connectivity index is 1.65. The van der Waals surface area contributed by atoms with Crippen molar-refractivity contribution in [3.63, 3.8) is 0 Å². The summed E-state index contributed by atoms with van der Waals surface area (Å²) in [4.78, 5) is 50.6. The van der Waals surface area contributed by atoms with Crippen LogP contribution in [0.25, 0.3) is 21.9 Å². The number of carbonyl (C=O) groups excluding carboxylic acids is 3. The Morgan fingerprint density at radius 2 is 1.71 bits per heavy atom. The van der Waals surface area contributed by atoms with Crippen LogP contribution in [-0.4, -0.2) is 36.0 Å². The van der Waals surface area contributed by atoms with Crippen molar-refractivity contribution in [1.29, 1.82) is 0 Å². The Morgan fingerprint density at radius 1 is 0.947 bits per heavy atom. The fourth-order valence-corrected chi connectivity index (χ4v) is 4.68. The van der Waals surface area contributed by atoms with Gasteiger partial charge in [-0.3, -0.25) is 14.4 Å². The molecule has 1 aromatic heterocycles. The van der Waals surface area contributed by atoms with Crippen molar-refractivity contribution in [2.24, 2.45) is 0 Å². The normalized spacial score (nSPS) is 10.7. The second-order valence-corrected chi connectivity index (χ2v) is 9.52. The lowest BCUT2D eigenvalue weighted by molar-refractivity contribution is -0.114. The van der Waals surface area contributed by atoms with Crippen LogP contribution in [0.3, 0.4) is 0 Å². The molecule has 8 nitrogen and oxygen atoms in total. The molecule has 3 aromatic carbocycles. The maximum absolute atomic E-state index is 13.6. The number of hydrogen-bond acceptors (Lipinski definition) is 5. The smallest absolute Gasteiger partial charge is 0.355 e. The molecule has 2 amide bonds. The van der Waals surface area contributed by atoms with Crippen molar-refractivity contribution >= 4 is 50.2 Å². The molecule has 0 aliphatic rings. The topological polar surface area (TPSA) is 106 Å². The van der Waals surface area contributed by atoms with Crippen molar-refractivity contribution in [2.75, 3.05) is 19.0 Å². The lowest BCUT2D eigenvalue weighted by Crippen LogP contribution is -2.31. The largest absolute Gasteiger partial charge is 0.464 e. The lowest BCUT2D eigenvalue weighted by atomic mass is 9.96. The number of aromatic nitrogens is 1. The Bertz CT molecular complexity index is 1580. The summed E-state index contributed by atoms with van der Waals surface area (Å²) >= 11 is 3.48. The first-order chi connectivity index (χ1) is 18.3. The van der Waals surface area contributed by atoms with Gasteiger partial charge in [0.25, 0.3) is 11.5 Å². The van der Waals surface area contributed by atoms with Gasteiger partial charge in [0.15, 0.2) is 0 Å². The molecule has 0 aliphatic carbocycles. The predicted molar refractivity (Wildman–Crippen MR) is 150 cm³/mol. The van der Waals surface area contributed by atoms with Crippen molar-refractivity contribution in [2.45, 2.75) is 19.9 Å². The first-order valence-electron chi connectivity index (χ1n) is 12.0. The van der Waals surface area contributed by atoms with Gasteiger partial charge < -0.3 is 19.9 Å². The number of nitrogens with one attached hydrogen (secondary N) is 2. The number of fused-ring (bicyclic) bond motifs is 1. The highest BCUT2D eigenvalue weighted by Crippen LogP contribution is 2.33. The molecule has 2 N–H and O–H groups in total. The van der Waals surface area contributed by atoms with E-state index in [1.807, 2.05) is 36.4 Å². The van der Waals surface area contributed by atoms with E-state index in [1.54, 1.807) is 36.4 Å². The van der Waals surface area contributed by atoms with Crippen LogP contribution in [0.5, 0.6) is 0 Å². The number of nitrogens with zero attached hydrogens (tertiary/aromatic N) is 1. The molecule has 4 aromatic rings. The van der Waals surface area contributed by atoms with Crippen LogP contribution in [0.4, 0.5) is 5.69 Å². The van der Waals surface area contributed by atoms with Crippen LogP contribution in [-0.2, 0) is 16.1 Å². The van der Waals surface area contributed by atoms with Crippen LogP contribution in [0.15, 0.2) is 82.1 Å². The molecule has 38 heavy (non-hydrogen) atoms. The first-order valence-corrected chi connectivity index (χ1v) is 12.7. The SMILES string of the molecule is COC(=O)c1c(-c2ccccc2)c2cc(Br)ccc2c(=O)n1CCCNC(=O)c1cccc(NC(C)=O)c1. The molecule has 4 rings (SSSR count). The van der Waals surface area contributed by atoms with E-state index in [2.05, 4.69) is 26.6 Å². The third-order valence-electron chi connectivity index (χ3n) is 5.96. The molecule has 0 radical (unpaired) electrons. The predicted octanol–water partition coefficient (Wildman–Crippen LogP) is 5.00.